The third kappa shape index (κ3) is 2.05. The van der Waals surface area contributed by atoms with Gasteiger partial charge in [-0.15, -0.1) is 0 Å². The third-order valence-corrected chi connectivity index (χ3v) is 3.94. The Bertz CT molecular complexity index is 452. The Hall–Kier alpha value is -0.880. The highest BCUT2D eigenvalue weighted by Gasteiger charge is 2.26. The van der Waals surface area contributed by atoms with E-state index >= 15 is 0 Å². The second-order valence-electron chi connectivity index (χ2n) is 4.09. The number of aromatic nitrogens is 2. The van der Waals surface area contributed by atoms with Crippen molar-refractivity contribution in [1.29, 1.82) is 0 Å². The molecule has 0 amide bonds. The Morgan fingerprint density at radius 1 is 1.53 bits per heavy atom. The highest BCUT2D eigenvalue weighted by molar-refractivity contribution is 7.90. The molecule has 5 nitrogen and oxygen atoms in total. The molecule has 2 unspecified atom stereocenters. The van der Waals surface area contributed by atoms with E-state index in [1.807, 2.05) is 0 Å². The summed E-state index contributed by atoms with van der Waals surface area (Å²) in [7, 11) is -3.15. The van der Waals surface area contributed by atoms with Crippen molar-refractivity contribution in [3.8, 4) is 0 Å². The molecule has 2 N–H and O–H groups in total. The van der Waals surface area contributed by atoms with Gasteiger partial charge in [-0.1, -0.05) is 0 Å². The van der Waals surface area contributed by atoms with E-state index in [9.17, 15) is 8.42 Å². The number of hydrogen-bond donors (Lipinski definition) is 1. The van der Waals surface area contributed by atoms with Crippen LogP contribution in [0.3, 0.4) is 0 Å². The SMILES string of the molecule is CS(=O)(=O)c1cnn(C2CCCC2N)c1. The van der Waals surface area contributed by atoms with Gasteiger partial charge >= 0.3 is 0 Å². The number of sulfone groups is 1. The van der Waals surface area contributed by atoms with E-state index in [-0.39, 0.29) is 17.0 Å². The topological polar surface area (TPSA) is 78.0 Å². The first kappa shape index (κ1) is 10.6. The summed E-state index contributed by atoms with van der Waals surface area (Å²) in [6, 6.07) is 0.248. The van der Waals surface area contributed by atoms with Crippen molar-refractivity contribution in [2.24, 2.45) is 5.73 Å². The Balaban J connectivity index is 2.28. The molecule has 0 radical (unpaired) electrons. The first-order chi connectivity index (χ1) is 6.98. The van der Waals surface area contributed by atoms with Gasteiger partial charge in [0.1, 0.15) is 4.90 Å². The fourth-order valence-corrected chi connectivity index (χ4v) is 2.53. The molecule has 1 aliphatic carbocycles. The molecule has 15 heavy (non-hydrogen) atoms. The normalized spacial score (nSPS) is 27.1. The maximum atomic E-state index is 11.3. The van der Waals surface area contributed by atoms with Gasteiger partial charge in [0, 0.05) is 18.5 Å². The molecule has 0 saturated heterocycles. The van der Waals surface area contributed by atoms with E-state index in [1.165, 1.54) is 12.5 Å². The van der Waals surface area contributed by atoms with Crippen molar-refractivity contribution in [1.82, 2.24) is 9.78 Å². The average molecular weight is 229 g/mol. The summed E-state index contributed by atoms with van der Waals surface area (Å²) in [6.45, 7) is 0. The van der Waals surface area contributed by atoms with E-state index in [0.717, 1.165) is 19.3 Å². The molecule has 2 rings (SSSR count). The zero-order chi connectivity index (χ0) is 11.1. The van der Waals surface area contributed by atoms with E-state index in [2.05, 4.69) is 5.10 Å². The number of rotatable bonds is 2. The van der Waals surface area contributed by atoms with Crippen LogP contribution in [0.4, 0.5) is 0 Å². The van der Waals surface area contributed by atoms with Crippen LogP contribution in [0.5, 0.6) is 0 Å². The molecule has 1 fully saturated rings. The second kappa shape index (κ2) is 3.61. The Labute approximate surface area is 89.2 Å². The van der Waals surface area contributed by atoms with Crippen LogP contribution in [0, 0.1) is 0 Å². The van der Waals surface area contributed by atoms with Crippen molar-refractivity contribution in [3.05, 3.63) is 12.4 Å². The fourth-order valence-electron chi connectivity index (χ4n) is 1.99. The zero-order valence-corrected chi connectivity index (χ0v) is 9.44. The monoisotopic (exact) mass is 229 g/mol. The summed E-state index contributed by atoms with van der Waals surface area (Å²) in [5.74, 6) is 0. The summed E-state index contributed by atoms with van der Waals surface area (Å²) in [5, 5.41) is 4.07. The predicted molar refractivity (Wildman–Crippen MR) is 56.2 cm³/mol. The lowest BCUT2D eigenvalue weighted by molar-refractivity contribution is 0.421. The van der Waals surface area contributed by atoms with Crippen LogP contribution in [0.25, 0.3) is 0 Å². The first-order valence-corrected chi connectivity index (χ1v) is 6.87. The standard InChI is InChI=1S/C9H15N3O2S/c1-15(13,14)7-5-11-12(6-7)9-4-2-3-8(9)10/h5-6,8-9H,2-4,10H2,1H3. The largest absolute Gasteiger partial charge is 0.326 e. The summed E-state index contributed by atoms with van der Waals surface area (Å²) < 4.78 is 24.2. The molecule has 1 heterocycles. The second-order valence-corrected chi connectivity index (χ2v) is 6.11. The molecule has 84 valence electrons. The molecular formula is C9H15N3O2S. The molecule has 1 aliphatic rings. The van der Waals surface area contributed by atoms with Crippen LogP contribution in [-0.4, -0.2) is 30.5 Å². The van der Waals surface area contributed by atoms with Crippen LogP contribution in [0.2, 0.25) is 0 Å². The molecule has 1 aromatic rings. The molecule has 1 saturated carbocycles. The average Bonchev–Trinajstić information content (AvgIpc) is 2.69. The lowest BCUT2D eigenvalue weighted by Crippen LogP contribution is -2.27. The minimum atomic E-state index is -3.15. The molecule has 2 atom stereocenters. The van der Waals surface area contributed by atoms with Crippen LogP contribution in [-0.2, 0) is 9.84 Å². The van der Waals surface area contributed by atoms with Gasteiger partial charge in [0.15, 0.2) is 9.84 Å². The molecule has 0 spiro atoms. The molecule has 1 aromatic heterocycles. The number of hydrogen-bond acceptors (Lipinski definition) is 4. The molecule has 6 heteroatoms. The molecular weight excluding hydrogens is 214 g/mol. The van der Waals surface area contributed by atoms with Gasteiger partial charge in [0.2, 0.25) is 0 Å². The highest BCUT2D eigenvalue weighted by Crippen LogP contribution is 2.28. The smallest absolute Gasteiger partial charge is 0.178 e. The summed E-state index contributed by atoms with van der Waals surface area (Å²) in [4.78, 5) is 0.265. The lowest BCUT2D eigenvalue weighted by Gasteiger charge is -2.15. The maximum absolute atomic E-state index is 11.3. The minimum absolute atomic E-state index is 0.0947. The minimum Gasteiger partial charge on any atom is -0.326 e. The van der Waals surface area contributed by atoms with E-state index < -0.39 is 9.84 Å². The van der Waals surface area contributed by atoms with Gasteiger partial charge in [-0.2, -0.15) is 5.10 Å². The van der Waals surface area contributed by atoms with Crippen molar-refractivity contribution in [2.45, 2.75) is 36.2 Å². The lowest BCUT2D eigenvalue weighted by atomic mass is 10.2. The Morgan fingerprint density at radius 2 is 2.27 bits per heavy atom. The number of nitrogens with zero attached hydrogens (tertiary/aromatic N) is 2. The third-order valence-electron chi connectivity index (χ3n) is 2.88. The van der Waals surface area contributed by atoms with Crippen LogP contribution in [0.15, 0.2) is 17.3 Å². The van der Waals surface area contributed by atoms with Crippen molar-refractivity contribution in [2.75, 3.05) is 6.26 Å². The van der Waals surface area contributed by atoms with Gasteiger partial charge < -0.3 is 5.73 Å². The zero-order valence-electron chi connectivity index (χ0n) is 8.63. The predicted octanol–water partition coefficient (Wildman–Crippen LogP) is 0.339. The van der Waals surface area contributed by atoms with Gasteiger partial charge in [-0.3, -0.25) is 4.68 Å². The van der Waals surface area contributed by atoms with Gasteiger partial charge in [-0.05, 0) is 19.3 Å². The summed E-state index contributed by atoms with van der Waals surface area (Å²) in [6.07, 6.45) is 7.19. The van der Waals surface area contributed by atoms with E-state index in [4.69, 9.17) is 5.73 Å². The van der Waals surface area contributed by atoms with Crippen molar-refractivity contribution < 1.29 is 8.42 Å². The van der Waals surface area contributed by atoms with Crippen LogP contribution < -0.4 is 5.73 Å². The molecule has 0 aromatic carbocycles. The first-order valence-electron chi connectivity index (χ1n) is 4.98. The Morgan fingerprint density at radius 3 is 2.73 bits per heavy atom. The van der Waals surface area contributed by atoms with Gasteiger partial charge in [0.05, 0.1) is 12.2 Å². The molecule has 0 aliphatic heterocycles. The van der Waals surface area contributed by atoms with E-state index in [0.29, 0.717) is 0 Å². The Kier molecular flexibility index (Phi) is 2.56. The van der Waals surface area contributed by atoms with Crippen molar-refractivity contribution >= 4 is 9.84 Å². The quantitative estimate of drug-likeness (QED) is 0.793. The fraction of sp³-hybridized carbons (Fsp3) is 0.667. The number of nitrogens with two attached hydrogens (primary N) is 1. The highest BCUT2D eigenvalue weighted by atomic mass is 32.2. The molecule has 0 bridgehead atoms. The summed E-state index contributed by atoms with van der Waals surface area (Å²) in [5.41, 5.74) is 5.92. The summed E-state index contributed by atoms with van der Waals surface area (Å²) >= 11 is 0. The van der Waals surface area contributed by atoms with Crippen LogP contribution in [0.1, 0.15) is 25.3 Å². The van der Waals surface area contributed by atoms with Crippen molar-refractivity contribution in [3.63, 3.8) is 0 Å². The van der Waals surface area contributed by atoms with Gasteiger partial charge in [-0.25, -0.2) is 8.42 Å². The van der Waals surface area contributed by atoms with Gasteiger partial charge in [0.25, 0.3) is 0 Å². The maximum Gasteiger partial charge on any atom is 0.178 e. The van der Waals surface area contributed by atoms with Crippen LogP contribution >= 0.6 is 0 Å². The van der Waals surface area contributed by atoms with E-state index in [1.54, 1.807) is 10.9 Å².